The van der Waals surface area contributed by atoms with Crippen LogP contribution in [0.4, 0.5) is 0 Å². The quantitative estimate of drug-likeness (QED) is 0.229. The van der Waals surface area contributed by atoms with Crippen molar-refractivity contribution >= 4 is 11.9 Å². The van der Waals surface area contributed by atoms with Crippen LogP contribution in [0.1, 0.15) is 0 Å². The molecule has 0 unspecified atom stereocenters. The van der Waals surface area contributed by atoms with Gasteiger partial charge in [0.25, 0.3) is 0 Å². The number of hydrogen-bond acceptors (Lipinski definition) is 4. The zero-order valence-electron chi connectivity index (χ0n) is 5.79. The van der Waals surface area contributed by atoms with E-state index in [1.54, 1.807) is 0 Å². The van der Waals surface area contributed by atoms with Crippen molar-refractivity contribution in [3.05, 3.63) is 12.2 Å². The summed E-state index contributed by atoms with van der Waals surface area (Å²) in [6, 6.07) is 0. The third-order valence-corrected chi connectivity index (χ3v) is 0.355. The van der Waals surface area contributed by atoms with Crippen molar-refractivity contribution in [1.29, 1.82) is 0 Å². The van der Waals surface area contributed by atoms with E-state index in [0.717, 1.165) is 0 Å². The van der Waals surface area contributed by atoms with Crippen LogP contribution in [0.2, 0.25) is 0 Å². The molecule has 0 amide bonds. The minimum Gasteiger partial charge on any atom is -0.545 e. The average Bonchev–Trinajstić information content (AvgIpc) is 1.61. The summed E-state index contributed by atoms with van der Waals surface area (Å²) >= 11 is 0. The van der Waals surface area contributed by atoms with Gasteiger partial charge in [0.05, 0.1) is 11.9 Å². The van der Waals surface area contributed by atoms with Crippen molar-refractivity contribution in [2.45, 2.75) is 0 Å². The molecule has 0 aliphatic heterocycles. The summed E-state index contributed by atoms with van der Waals surface area (Å²) in [5, 5.41) is 18.8. The van der Waals surface area contributed by atoms with E-state index in [1.165, 1.54) is 0 Å². The molecule has 0 spiro atoms. The number of carboxylic acid groups (broad SMARTS) is 2. The predicted octanol–water partition coefficient (Wildman–Crippen LogP) is -8.95. The first-order valence-corrected chi connectivity index (χ1v) is 1.73. The molecule has 0 aromatic carbocycles. The van der Waals surface area contributed by atoms with Gasteiger partial charge in [0.1, 0.15) is 0 Å². The van der Waals surface area contributed by atoms with Gasteiger partial charge in [-0.1, -0.05) is 0 Å². The third-order valence-electron chi connectivity index (χ3n) is 0.355. The van der Waals surface area contributed by atoms with Gasteiger partial charge in [-0.15, -0.1) is 0 Å². The summed E-state index contributed by atoms with van der Waals surface area (Å²) in [6.07, 6.45) is 0.769. The minimum atomic E-state index is -1.55. The Balaban J connectivity index is -0.000000245. The van der Waals surface area contributed by atoms with Gasteiger partial charge in [-0.05, 0) is 12.2 Å². The smallest absolute Gasteiger partial charge is 0.545 e. The van der Waals surface area contributed by atoms with Gasteiger partial charge < -0.3 is 19.8 Å². The van der Waals surface area contributed by atoms with Gasteiger partial charge in [0, 0.05) is 0 Å². The van der Waals surface area contributed by atoms with E-state index in [-0.39, 0.29) is 59.1 Å². The van der Waals surface area contributed by atoms with Gasteiger partial charge in [-0.2, -0.15) is 0 Å². The van der Waals surface area contributed by atoms with Crippen LogP contribution < -0.4 is 69.3 Å². The standard InChI is InChI=1S/C4H4O4.2Na/c5-3(6)1-2-4(7)8;;/h1-2H,(H,5,6)(H,7,8);;/q;2*+1/p-2/b2-1+;;/i1+1,2+1;;. The summed E-state index contributed by atoms with van der Waals surface area (Å²) in [5.74, 6) is -3.09. The van der Waals surface area contributed by atoms with E-state index < -0.39 is 11.9 Å². The monoisotopic (exact) mass is 162 g/mol. The summed E-state index contributed by atoms with van der Waals surface area (Å²) in [5.41, 5.74) is 0. The fourth-order valence-electron chi connectivity index (χ4n) is 0.136. The molecule has 0 radical (unpaired) electrons. The molecular weight excluding hydrogens is 160 g/mol. The summed E-state index contributed by atoms with van der Waals surface area (Å²) in [7, 11) is 0. The normalized spacial score (nSPS) is 7.60. The molecule has 0 rings (SSSR count). The molecule has 6 heteroatoms. The van der Waals surface area contributed by atoms with Crippen molar-refractivity contribution in [1.82, 2.24) is 0 Å². The van der Waals surface area contributed by atoms with E-state index >= 15 is 0 Å². The molecule has 0 aliphatic carbocycles. The molecule has 0 saturated heterocycles. The zero-order valence-corrected chi connectivity index (χ0v) is 9.79. The zero-order chi connectivity index (χ0) is 6.57. The Morgan fingerprint density at radius 1 is 0.900 bits per heavy atom. The van der Waals surface area contributed by atoms with E-state index in [0.29, 0.717) is 12.2 Å². The predicted molar refractivity (Wildman–Crippen MR) is 19.2 cm³/mol. The first kappa shape index (κ1) is 17.0. The van der Waals surface area contributed by atoms with Crippen LogP contribution in [0.25, 0.3) is 0 Å². The Labute approximate surface area is 102 Å². The molecule has 44 valence electrons. The number of rotatable bonds is 2. The van der Waals surface area contributed by atoms with Gasteiger partial charge in [-0.3, -0.25) is 0 Å². The second-order valence-corrected chi connectivity index (χ2v) is 0.971. The maximum absolute atomic E-state index is 9.41. The molecule has 0 bridgehead atoms. The Morgan fingerprint density at radius 3 is 1.20 bits per heavy atom. The van der Waals surface area contributed by atoms with Crippen LogP contribution in [0.15, 0.2) is 12.2 Å². The number of carbonyl (C=O) groups excluding carboxylic acids is 2. The Bertz CT molecular complexity index is 126. The van der Waals surface area contributed by atoms with Crippen molar-refractivity contribution in [3.8, 4) is 0 Å². The topological polar surface area (TPSA) is 80.3 Å². The Morgan fingerprint density at radius 2 is 1.10 bits per heavy atom. The van der Waals surface area contributed by atoms with Crippen LogP contribution in [0.3, 0.4) is 0 Å². The maximum atomic E-state index is 9.41. The van der Waals surface area contributed by atoms with Crippen molar-refractivity contribution in [2.75, 3.05) is 0 Å². The summed E-state index contributed by atoms with van der Waals surface area (Å²) < 4.78 is 0. The molecule has 0 atom stereocenters. The molecular formula is C4H2Na2O4. The molecule has 4 nitrogen and oxygen atoms in total. The van der Waals surface area contributed by atoms with Crippen LogP contribution in [-0.4, -0.2) is 11.9 Å². The first-order valence-electron chi connectivity index (χ1n) is 1.73. The fourth-order valence-corrected chi connectivity index (χ4v) is 0.136. The van der Waals surface area contributed by atoms with Crippen molar-refractivity contribution < 1.29 is 78.9 Å². The molecule has 0 heterocycles. The Hall–Kier alpha value is 0.680. The van der Waals surface area contributed by atoms with E-state index in [2.05, 4.69) is 0 Å². The maximum Gasteiger partial charge on any atom is 1.00 e. The molecule has 0 aliphatic rings. The molecule has 10 heavy (non-hydrogen) atoms. The second-order valence-electron chi connectivity index (χ2n) is 0.971. The number of hydrogen-bond donors (Lipinski definition) is 0. The molecule has 0 saturated carbocycles. The second kappa shape index (κ2) is 9.68. The summed E-state index contributed by atoms with van der Waals surface area (Å²) in [6.45, 7) is 0. The average molecular weight is 162 g/mol. The van der Waals surface area contributed by atoms with Crippen molar-refractivity contribution in [2.24, 2.45) is 0 Å². The third kappa shape index (κ3) is 15.9. The minimum absolute atomic E-state index is 0. The number of carbonyl (C=O) groups is 2. The van der Waals surface area contributed by atoms with Crippen LogP contribution in [0.5, 0.6) is 0 Å². The van der Waals surface area contributed by atoms with E-state index in [4.69, 9.17) is 0 Å². The number of carboxylic acids is 2. The van der Waals surface area contributed by atoms with Gasteiger partial charge in [0.2, 0.25) is 0 Å². The SMILES string of the molecule is O=C([O-])/[13CH]=[13CH]/C(=O)[O-].[Na+].[Na+]. The van der Waals surface area contributed by atoms with E-state index in [1.807, 2.05) is 0 Å². The van der Waals surface area contributed by atoms with Crippen LogP contribution >= 0.6 is 0 Å². The largest absolute Gasteiger partial charge is 1.00 e. The van der Waals surface area contributed by atoms with Gasteiger partial charge in [-0.25, -0.2) is 0 Å². The van der Waals surface area contributed by atoms with Crippen LogP contribution in [-0.2, 0) is 9.59 Å². The summed E-state index contributed by atoms with van der Waals surface area (Å²) in [4.78, 5) is 18.8. The van der Waals surface area contributed by atoms with E-state index in [9.17, 15) is 19.8 Å². The van der Waals surface area contributed by atoms with Crippen LogP contribution in [0, 0.1) is 0 Å². The van der Waals surface area contributed by atoms with Gasteiger partial charge >= 0.3 is 59.1 Å². The molecule has 0 fully saturated rings. The Kier molecular flexibility index (Phi) is 16.4. The van der Waals surface area contributed by atoms with Crippen molar-refractivity contribution in [3.63, 3.8) is 0 Å². The molecule has 0 N–H and O–H groups in total. The first-order chi connectivity index (χ1) is 3.63. The van der Waals surface area contributed by atoms with Gasteiger partial charge in [0.15, 0.2) is 0 Å². The molecule has 0 aromatic heterocycles. The fraction of sp³-hybridized carbons (Fsp3) is 0. The molecule has 0 aromatic rings. The number of aliphatic carboxylic acids is 2.